The summed E-state index contributed by atoms with van der Waals surface area (Å²) in [5, 5.41) is 0.315. The number of carbonyl (C=O) groups is 1. The molecule has 0 unspecified atom stereocenters. The van der Waals surface area contributed by atoms with Crippen molar-refractivity contribution in [3.63, 3.8) is 0 Å². The maximum Gasteiger partial charge on any atom is 0.332 e. The van der Waals surface area contributed by atoms with Crippen LogP contribution in [-0.4, -0.2) is 24.2 Å². The van der Waals surface area contributed by atoms with Crippen LogP contribution in [0.1, 0.15) is 12.6 Å². The van der Waals surface area contributed by atoms with Crippen molar-refractivity contribution in [2.75, 3.05) is 0 Å². The van der Waals surface area contributed by atoms with Crippen molar-refractivity contribution < 1.29 is 9.53 Å². The van der Waals surface area contributed by atoms with E-state index in [1.165, 1.54) is 29.3 Å². The molecular weight excluding hydrogens is 380 g/mol. The molecule has 10 heteroatoms. The van der Waals surface area contributed by atoms with Crippen molar-refractivity contribution in [1.82, 2.24) is 18.3 Å². The van der Waals surface area contributed by atoms with Crippen molar-refractivity contribution in [2.24, 2.45) is 14.1 Å². The number of aromatic nitrogens is 4. The molecule has 3 rings (SSSR count). The molecule has 0 radical (unpaired) electrons. The van der Waals surface area contributed by atoms with Crippen molar-refractivity contribution >= 4 is 16.9 Å². The first kappa shape index (κ1) is 20.1. The van der Waals surface area contributed by atoms with Crippen LogP contribution in [0.5, 0.6) is 0 Å². The molecule has 1 aromatic carbocycles. The molecule has 0 spiro atoms. The van der Waals surface area contributed by atoms with Gasteiger partial charge in [0, 0.05) is 26.7 Å². The van der Waals surface area contributed by atoms with Gasteiger partial charge in [0.2, 0.25) is 0 Å². The smallest absolute Gasteiger partial charge is 0.332 e. The number of fused-ring (bicyclic) bond motifs is 1. The predicted molar refractivity (Wildman–Crippen MR) is 105 cm³/mol. The van der Waals surface area contributed by atoms with E-state index in [2.05, 4.69) is 0 Å². The number of hydrogen-bond donors (Lipinski definition) is 0. The van der Waals surface area contributed by atoms with Gasteiger partial charge in [0.25, 0.3) is 11.1 Å². The zero-order valence-corrected chi connectivity index (χ0v) is 16.2. The molecule has 3 aromatic rings. The summed E-state index contributed by atoms with van der Waals surface area (Å²) < 4.78 is 9.53. The van der Waals surface area contributed by atoms with Crippen LogP contribution in [0, 0.1) is 0 Å². The van der Waals surface area contributed by atoms with Crippen molar-refractivity contribution in [2.45, 2.75) is 26.6 Å². The van der Waals surface area contributed by atoms with Crippen LogP contribution in [0.15, 0.2) is 49.5 Å². The van der Waals surface area contributed by atoms with E-state index in [0.29, 0.717) is 10.9 Å². The fourth-order valence-electron chi connectivity index (χ4n) is 3.05. The van der Waals surface area contributed by atoms with Gasteiger partial charge in [0.05, 0.1) is 16.6 Å². The van der Waals surface area contributed by atoms with E-state index in [-0.39, 0.29) is 18.8 Å². The lowest BCUT2D eigenvalue weighted by molar-refractivity contribution is -0.145. The Morgan fingerprint density at radius 1 is 0.966 bits per heavy atom. The Hall–Kier alpha value is -3.69. The summed E-state index contributed by atoms with van der Waals surface area (Å²) in [5.41, 5.74) is -1.55. The van der Waals surface area contributed by atoms with Gasteiger partial charge in [-0.2, -0.15) is 0 Å². The third kappa shape index (κ3) is 3.56. The second kappa shape index (κ2) is 7.74. The fourth-order valence-corrected chi connectivity index (χ4v) is 3.05. The third-order valence-corrected chi connectivity index (χ3v) is 4.74. The molecule has 0 amide bonds. The van der Waals surface area contributed by atoms with Crippen LogP contribution in [0.25, 0.3) is 10.9 Å². The zero-order valence-electron chi connectivity index (χ0n) is 16.2. The molecule has 2 aromatic heterocycles. The summed E-state index contributed by atoms with van der Waals surface area (Å²) >= 11 is 0. The second-order valence-corrected chi connectivity index (χ2v) is 6.47. The lowest BCUT2D eigenvalue weighted by Crippen LogP contribution is -2.41. The predicted octanol–water partition coefficient (Wildman–Crippen LogP) is -0.676. The Morgan fingerprint density at radius 3 is 2.34 bits per heavy atom. The molecule has 0 saturated carbocycles. The minimum atomic E-state index is -0.744. The average molecular weight is 400 g/mol. The number of benzene rings is 1. The van der Waals surface area contributed by atoms with Gasteiger partial charge in [-0.05, 0) is 19.1 Å². The van der Waals surface area contributed by atoms with E-state index >= 15 is 0 Å². The Balaban J connectivity index is 1.92. The Kier molecular flexibility index (Phi) is 5.35. The summed E-state index contributed by atoms with van der Waals surface area (Å²) in [6.07, 6.45) is 0. The van der Waals surface area contributed by atoms with Gasteiger partial charge >= 0.3 is 17.3 Å². The second-order valence-electron chi connectivity index (χ2n) is 6.47. The molecule has 0 fully saturated rings. The first-order valence-corrected chi connectivity index (χ1v) is 8.90. The molecule has 0 aliphatic heterocycles. The van der Waals surface area contributed by atoms with Gasteiger partial charge < -0.3 is 4.74 Å². The summed E-state index contributed by atoms with van der Waals surface area (Å²) in [6.45, 7) is 1.10. The Labute approximate surface area is 163 Å². The number of para-hydroxylation sites is 1. The zero-order chi connectivity index (χ0) is 21.3. The van der Waals surface area contributed by atoms with Gasteiger partial charge in [0.1, 0.15) is 13.2 Å². The number of carbonyl (C=O) groups excluding carboxylic acids is 1. The van der Waals surface area contributed by atoms with Crippen LogP contribution < -0.4 is 22.5 Å². The Morgan fingerprint density at radius 2 is 1.66 bits per heavy atom. The first-order valence-electron chi connectivity index (χ1n) is 8.90. The van der Waals surface area contributed by atoms with E-state index in [1.54, 1.807) is 31.2 Å². The third-order valence-electron chi connectivity index (χ3n) is 4.74. The maximum absolute atomic E-state index is 12.7. The summed E-state index contributed by atoms with van der Waals surface area (Å²) in [7, 11) is 2.81. The van der Waals surface area contributed by atoms with Gasteiger partial charge in [-0.1, -0.05) is 12.1 Å². The molecule has 152 valence electrons. The molecule has 0 atom stereocenters. The number of hydrogen-bond acceptors (Lipinski definition) is 6. The lowest BCUT2D eigenvalue weighted by atomic mass is 10.2. The molecule has 0 aliphatic carbocycles. The van der Waals surface area contributed by atoms with E-state index in [0.717, 1.165) is 9.13 Å². The van der Waals surface area contributed by atoms with Crippen LogP contribution in [0.4, 0.5) is 0 Å². The fraction of sp³-hybridized carbons (Fsp3) is 0.316. The molecule has 0 N–H and O–H groups in total. The van der Waals surface area contributed by atoms with Gasteiger partial charge in [-0.15, -0.1) is 0 Å². The van der Waals surface area contributed by atoms with E-state index in [1.807, 2.05) is 0 Å². The van der Waals surface area contributed by atoms with Crippen LogP contribution in [0.3, 0.4) is 0 Å². The number of ether oxygens (including phenoxy) is 1. The van der Waals surface area contributed by atoms with Crippen molar-refractivity contribution in [3.05, 3.63) is 77.7 Å². The highest BCUT2D eigenvalue weighted by molar-refractivity contribution is 5.79. The van der Waals surface area contributed by atoms with Crippen LogP contribution in [-0.2, 0) is 43.3 Å². The largest absolute Gasteiger partial charge is 0.458 e. The SMILES string of the molecule is CCn1c(=O)c2ccccc2n(CC(=O)OCc2cc(=O)n(C)c(=O)n2C)c1=O. The molecule has 0 aliphatic rings. The number of nitrogens with zero attached hydrogens (tertiary/aromatic N) is 4. The first-order chi connectivity index (χ1) is 13.8. The lowest BCUT2D eigenvalue weighted by Gasteiger charge is -2.13. The topological polar surface area (TPSA) is 114 Å². The number of rotatable bonds is 5. The highest BCUT2D eigenvalue weighted by Crippen LogP contribution is 2.08. The average Bonchev–Trinajstić information content (AvgIpc) is 2.71. The highest BCUT2D eigenvalue weighted by atomic mass is 16.5. The highest BCUT2D eigenvalue weighted by Gasteiger charge is 2.16. The van der Waals surface area contributed by atoms with Crippen LogP contribution in [0.2, 0.25) is 0 Å². The molecular formula is C19H20N4O6. The molecule has 29 heavy (non-hydrogen) atoms. The quantitative estimate of drug-likeness (QED) is 0.525. The Bertz CT molecular complexity index is 1340. The maximum atomic E-state index is 12.7. The van der Waals surface area contributed by atoms with Gasteiger partial charge in [0.15, 0.2) is 0 Å². The van der Waals surface area contributed by atoms with E-state index < -0.39 is 35.0 Å². The molecule has 0 saturated heterocycles. The minimum absolute atomic E-state index is 0.160. The molecule has 0 bridgehead atoms. The standard InChI is InChI=1S/C19H20N4O6/c1-4-22-17(26)13-7-5-6-8-14(13)23(19(22)28)10-16(25)29-11-12-9-15(24)21(3)18(27)20(12)2/h5-9H,4,10-11H2,1-3H3. The number of esters is 1. The minimum Gasteiger partial charge on any atom is -0.458 e. The summed E-state index contributed by atoms with van der Waals surface area (Å²) in [5.74, 6) is -0.744. The van der Waals surface area contributed by atoms with Crippen molar-refractivity contribution in [3.8, 4) is 0 Å². The molecule has 2 heterocycles. The summed E-state index contributed by atoms with van der Waals surface area (Å²) in [6, 6.07) is 7.70. The normalized spacial score (nSPS) is 11.0. The van der Waals surface area contributed by atoms with Gasteiger partial charge in [-0.3, -0.25) is 32.7 Å². The van der Waals surface area contributed by atoms with Crippen molar-refractivity contribution in [1.29, 1.82) is 0 Å². The monoisotopic (exact) mass is 400 g/mol. The summed E-state index contributed by atoms with van der Waals surface area (Å²) in [4.78, 5) is 61.2. The van der Waals surface area contributed by atoms with E-state index in [9.17, 15) is 24.0 Å². The molecule has 10 nitrogen and oxygen atoms in total. The van der Waals surface area contributed by atoms with Gasteiger partial charge in [-0.25, -0.2) is 9.59 Å². The van der Waals surface area contributed by atoms with Crippen LogP contribution >= 0.6 is 0 Å². The van der Waals surface area contributed by atoms with E-state index in [4.69, 9.17) is 4.74 Å².